The summed E-state index contributed by atoms with van der Waals surface area (Å²) in [5.74, 6) is 0.249. The number of nitrogens with one attached hydrogen (secondary N) is 1. The molecule has 7 heteroatoms. The van der Waals surface area contributed by atoms with Crippen molar-refractivity contribution in [1.29, 1.82) is 0 Å². The second kappa shape index (κ2) is 8.77. The number of fused-ring (bicyclic) bond motifs is 1. The van der Waals surface area contributed by atoms with Crippen LogP contribution >= 0.6 is 11.8 Å². The molecule has 0 spiro atoms. The fourth-order valence-electron chi connectivity index (χ4n) is 3.93. The number of rotatable bonds is 6. The van der Waals surface area contributed by atoms with Crippen molar-refractivity contribution in [3.05, 3.63) is 57.8 Å². The molecule has 1 amide bonds. The summed E-state index contributed by atoms with van der Waals surface area (Å²) < 4.78 is 5.77. The quantitative estimate of drug-likeness (QED) is 0.625. The van der Waals surface area contributed by atoms with Crippen LogP contribution in [0.15, 0.2) is 51.6 Å². The van der Waals surface area contributed by atoms with Crippen LogP contribution in [0, 0.1) is 12.8 Å². The van der Waals surface area contributed by atoms with Crippen LogP contribution in [0.2, 0.25) is 0 Å². The molecule has 170 valence electrons. The van der Waals surface area contributed by atoms with Crippen molar-refractivity contribution >= 4 is 28.8 Å². The highest BCUT2D eigenvalue weighted by atomic mass is 32.2. The second-order valence-electron chi connectivity index (χ2n) is 9.73. The fraction of sp³-hybridized carbons (Fsp3) is 0.480. The van der Waals surface area contributed by atoms with Gasteiger partial charge in [0.05, 0.1) is 23.7 Å². The smallest absolute Gasteiger partial charge is 0.338 e. The standard InChI is InChI=1S/C25H31N3O3S/c1-15-7-6-8-18(11-15)22-21(23(30)31-25(3,4)5)16(2)27-24-28(22)19(14-32-24)12-20(29)26-13-17-9-10-17/h6-8,11,14,17,22H,9-10,12-13H2,1-5H3,(H,26,29). The molecule has 1 fully saturated rings. The molecule has 2 heterocycles. The molecule has 1 aromatic rings. The highest BCUT2D eigenvalue weighted by Gasteiger charge is 2.42. The highest BCUT2D eigenvalue weighted by Crippen LogP contribution is 2.45. The van der Waals surface area contributed by atoms with Gasteiger partial charge in [-0.2, -0.15) is 0 Å². The second-order valence-corrected chi connectivity index (χ2v) is 10.6. The number of nitrogens with zero attached hydrogens (tertiary/aromatic N) is 2. The van der Waals surface area contributed by atoms with Gasteiger partial charge >= 0.3 is 5.97 Å². The SMILES string of the molecule is CC1=C(C(=O)OC(C)(C)C)C(c2cccc(C)c2)N2C(CC(=O)NCC3CC3)=CSC2=N1. The van der Waals surface area contributed by atoms with Gasteiger partial charge < -0.3 is 15.0 Å². The summed E-state index contributed by atoms with van der Waals surface area (Å²) in [5, 5.41) is 5.80. The number of aliphatic imine (C=N–C) groups is 1. The first-order chi connectivity index (χ1) is 15.1. The molecule has 1 unspecified atom stereocenters. The third-order valence-electron chi connectivity index (χ3n) is 5.60. The monoisotopic (exact) mass is 453 g/mol. The largest absolute Gasteiger partial charge is 0.456 e. The Labute approximate surface area is 194 Å². The lowest BCUT2D eigenvalue weighted by molar-refractivity contribution is -0.150. The van der Waals surface area contributed by atoms with Gasteiger partial charge in [-0.1, -0.05) is 41.6 Å². The number of carbonyl (C=O) groups is 2. The van der Waals surface area contributed by atoms with Crippen LogP contribution in [0.3, 0.4) is 0 Å². The summed E-state index contributed by atoms with van der Waals surface area (Å²) in [5.41, 5.74) is 3.48. The number of ether oxygens (including phenoxy) is 1. The van der Waals surface area contributed by atoms with Gasteiger partial charge in [0, 0.05) is 12.2 Å². The molecular formula is C25H31N3O3S. The first kappa shape index (κ1) is 22.6. The van der Waals surface area contributed by atoms with Gasteiger partial charge in [0.1, 0.15) is 5.60 Å². The third kappa shape index (κ3) is 5.09. The summed E-state index contributed by atoms with van der Waals surface area (Å²) in [6, 6.07) is 7.74. The van der Waals surface area contributed by atoms with Crippen molar-refractivity contribution in [3.63, 3.8) is 0 Å². The van der Waals surface area contributed by atoms with Gasteiger partial charge in [0.15, 0.2) is 5.17 Å². The molecule has 2 aliphatic heterocycles. The third-order valence-corrected chi connectivity index (χ3v) is 6.49. The van der Waals surface area contributed by atoms with E-state index in [0.29, 0.717) is 17.2 Å². The number of allylic oxidation sites excluding steroid dienone is 1. The van der Waals surface area contributed by atoms with Gasteiger partial charge in [-0.05, 0) is 64.3 Å². The van der Waals surface area contributed by atoms with Crippen molar-refractivity contribution in [2.75, 3.05) is 6.54 Å². The Morgan fingerprint density at radius 1 is 1.25 bits per heavy atom. The van der Waals surface area contributed by atoms with E-state index in [1.807, 2.05) is 63.1 Å². The zero-order valence-corrected chi connectivity index (χ0v) is 20.2. The van der Waals surface area contributed by atoms with E-state index in [0.717, 1.165) is 28.5 Å². The lowest BCUT2D eigenvalue weighted by Crippen LogP contribution is -2.39. The Kier molecular flexibility index (Phi) is 6.21. The summed E-state index contributed by atoms with van der Waals surface area (Å²) in [6.07, 6.45) is 2.64. The van der Waals surface area contributed by atoms with E-state index >= 15 is 0 Å². The van der Waals surface area contributed by atoms with E-state index in [1.54, 1.807) is 0 Å². The molecule has 1 aromatic carbocycles. The molecule has 1 N–H and O–H groups in total. The maximum Gasteiger partial charge on any atom is 0.338 e. The minimum Gasteiger partial charge on any atom is -0.456 e. The number of amides is 1. The maximum absolute atomic E-state index is 13.3. The molecule has 0 radical (unpaired) electrons. The van der Waals surface area contributed by atoms with E-state index < -0.39 is 11.6 Å². The number of aryl methyl sites for hydroxylation is 1. The highest BCUT2D eigenvalue weighted by molar-refractivity contribution is 8.16. The number of thioether (sulfide) groups is 1. The topological polar surface area (TPSA) is 71.0 Å². The molecule has 32 heavy (non-hydrogen) atoms. The van der Waals surface area contributed by atoms with Gasteiger partial charge in [0.2, 0.25) is 5.91 Å². The Morgan fingerprint density at radius 3 is 2.66 bits per heavy atom. The number of esters is 1. The number of hydrogen-bond donors (Lipinski definition) is 1. The van der Waals surface area contributed by atoms with Gasteiger partial charge in [-0.15, -0.1) is 0 Å². The minimum atomic E-state index is -0.618. The van der Waals surface area contributed by atoms with Gasteiger partial charge in [-0.3, -0.25) is 4.79 Å². The zero-order chi connectivity index (χ0) is 23.0. The molecular weight excluding hydrogens is 422 g/mol. The lowest BCUT2D eigenvalue weighted by atomic mass is 9.92. The van der Waals surface area contributed by atoms with E-state index in [1.165, 1.54) is 24.6 Å². The molecule has 0 aromatic heterocycles. The van der Waals surface area contributed by atoms with Crippen LogP contribution in [-0.4, -0.2) is 34.1 Å². The molecule has 0 saturated heterocycles. The van der Waals surface area contributed by atoms with E-state index in [9.17, 15) is 9.59 Å². The zero-order valence-electron chi connectivity index (χ0n) is 19.4. The summed E-state index contributed by atoms with van der Waals surface area (Å²) in [4.78, 5) is 32.7. The van der Waals surface area contributed by atoms with Crippen molar-refractivity contribution in [1.82, 2.24) is 10.2 Å². The number of carbonyl (C=O) groups excluding carboxylic acids is 2. The van der Waals surface area contributed by atoms with Crippen LogP contribution in [0.1, 0.15) is 64.1 Å². The van der Waals surface area contributed by atoms with Gasteiger partial charge in [0.25, 0.3) is 0 Å². The molecule has 1 saturated carbocycles. The Morgan fingerprint density at radius 2 is 2.00 bits per heavy atom. The van der Waals surface area contributed by atoms with E-state index in [-0.39, 0.29) is 18.3 Å². The van der Waals surface area contributed by atoms with Crippen LogP contribution < -0.4 is 5.32 Å². The fourth-order valence-corrected chi connectivity index (χ4v) is 4.89. The van der Waals surface area contributed by atoms with Crippen molar-refractivity contribution in [3.8, 4) is 0 Å². The average molecular weight is 454 g/mol. The van der Waals surface area contributed by atoms with Gasteiger partial charge in [-0.25, -0.2) is 9.79 Å². The van der Waals surface area contributed by atoms with E-state index in [2.05, 4.69) is 11.4 Å². The normalized spacial score (nSPS) is 20.5. The molecule has 4 rings (SSSR count). The number of hydrogen-bond acceptors (Lipinski definition) is 6. The van der Waals surface area contributed by atoms with Crippen LogP contribution in [0.25, 0.3) is 0 Å². The van der Waals surface area contributed by atoms with Crippen molar-refractivity contribution in [2.24, 2.45) is 10.9 Å². The number of benzene rings is 1. The van der Waals surface area contributed by atoms with E-state index in [4.69, 9.17) is 9.73 Å². The summed E-state index contributed by atoms with van der Waals surface area (Å²) >= 11 is 1.49. The lowest BCUT2D eigenvalue weighted by Gasteiger charge is -2.37. The van der Waals surface area contributed by atoms with Crippen LogP contribution in [-0.2, 0) is 14.3 Å². The van der Waals surface area contributed by atoms with Crippen molar-refractivity contribution < 1.29 is 14.3 Å². The number of amidine groups is 1. The Bertz CT molecular complexity index is 1030. The first-order valence-corrected chi connectivity index (χ1v) is 12.0. The Balaban J connectivity index is 1.68. The predicted molar refractivity (Wildman–Crippen MR) is 128 cm³/mol. The first-order valence-electron chi connectivity index (χ1n) is 11.1. The molecule has 1 atom stereocenters. The molecule has 0 bridgehead atoms. The van der Waals surface area contributed by atoms with Crippen LogP contribution in [0.4, 0.5) is 0 Å². The molecule has 6 nitrogen and oxygen atoms in total. The average Bonchev–Trinajstić information content (AvgIpc) is 3.45. The molecule has 1 aliphatic carbocycles. The van der Waals surface area contributed by atoms with Crippen molar-refractivity contribution in [2.45, 2.75) is 65.5 Å². The minimum absolute atomic E-state index is 0.00177. The molecule has 3 aliphatic rings. The maximum atomic E-state index is 13.3. The Hall–Kier alpha value is -2.54. The van der Waals surface area contributed by atoms with Crippen LogP contribution in [0.5, 0.6) is 0 Å². The summed E-state index contributed by atoms with van der Waals surface area (Å²) in [6.45, 7) is 10.2. The summed E-state index contributed by atoms with van der Waals surface area (Å²) in [7, 11) is 0. The predicted octanol–water partition coefficient (Wildman–Crippen LogP) is 4.83.